The van der Waals surface area contributed by atoms with Crippen molar-refractivity contribution in [3.63, 3.8) is 0 Å². The quantitative estimate of drug-likeness (QED) is 0.0602. The summed E-state index contributed by atoms with van der Waals surface area (Å²) >= 11 is 0. The number of halogens is 10. The number of carbonyl (C=O) groups is 3. The van der Waals surface area contributed by atoms with Gasteiger partial charge < -0.3 is 38.2 Å². The van der Waals surface area contributed by atoms with Crippen molar-refractivity contribution in [1.82, 2.24) is 33.6 Å². The number of carbonyl (C=O) groups excluding carboxylic acids is 3. The van der Waals surface area contributed by atoms with Crippen LogP contribution in [-0.2, 0) is 32.9 Å². The van der Waals surface area contributed by atoms with E-state index in [1.165, 1.54) is 11.6 Å². The summed E-state index contributed by atoms with van der Waals surface area (Å²) in [6, 6.07) is 30.4. The second kappa shape index (κ2) is 31.7. The number of anilines is 2. The number of aromatic nitrogens is 6. The molecule has 1 N–H and O–H groups in total. The average molecular weight is 1530 g/mol. The van der Waals surface area contributed by atoms with E-state index >= 15 is 0 Å². The molecule has 23 nitrogen and oxygen atoms in total. The molecule has 0 saturated carbocycles. The summed E-state index contributed by atoms with van der Waals surface area (Å²) in [4.78, 5) is 86.5. The number of aliphatic hydroxyl groups excluding tert-OH is 1. The zero-order chi connectivity index (χ0) is 78.9. The largest absolute Gasteiger partial charge is 0.444 e. The molecule has 1 amide bonds. The fourth-order valence-corrected chi connectivity index (χ4v) is 15.3. The Kier molecular flexibility index (Phi) is 22.5. The number of rotatable bonds is 14. The van der Waals surface area contributed by atoms with Crippen molar-refractivity contribution in [1.29, 1.82) is 0 Å². The number of likely N-dealkylation sites (tertiary alicyclic amines) is 1. The van der Waals surface area contributed by atoms with E-state index in [-0.39, 0.29) is 71.0 Å². The lowest BCUT2D eigenvalue weighted by molar-refractivity contribution is -0.387. The molecule has 3 fully saturated rings. The van der Waals surface area contributed by atoms with E-state index in [0.717, 1.165) is 63.1 Å². The number of aliphatic hydroxyl groups is 1. The molecule has 4 unspecified atom stereocenters. The summed E-state index contributed by atoms with van der Waals surface area (Å²) < 4.78 is 138. The molecule has 3 saturated heterocycles. The summed E-state index contributed by atoms with van der Waals surface area (Å²) in [5, 5.41) is 44.1. The molecule has 6 aromatic carbocycles. The van der Waals surface area contributed by atoms with Gasteiger partial charge in [-0.05, 0) is 125 Å². The fraction of sp³-hybridized carbons (Fsp3) is 0.377. The number of nitro groups is 3. The van der Waals surface area contributed by atoms with Gasteiger partial charge in [0.1, 0.15) is 28.5 Å². The topological polar surface area (TPSA) is 273 Å². The molecule has 110 heavy (non-hydrogen) atoms. The fourth-order valence-electron chi connectivity index (χ4n) is 15.3. The van der Waals surface area contributed by atoms with Crippen LogP contribution in [0.1, 0.15) is 130 Å². The average Bonchev–Trinajstić information content (AvgIpc) is 1.61. The molecular weight excluding hydrogens is 1460 g/mol. The van der Waals surface area contributed by atoms with E-state index in [1.807, 2.05) is 98.7 Å². The summed E-state index contributed by atoms with van der Waals surface area (Å²) in [5.41, 5.74) is 4.06. The van der Waals surface area contributed by atoms with Crippen LogP contribution in [0.3, 0.4) is 0 Å². The maximum atomic E-state index is 13.2. The number of nitrogens with zero attached hydrogens (tertiary/aromatic N) is 12. The second-order valence-corrected chi connectivity index (χ2v) is 28.7. The number of benzene rings is 6. The molecule has 0 spiro atoms. The molecule has 0 bridgehead atoms. The van der Waals surface area contributed by atoms with E-state index in [0.29, 0.717) is 121 Å². The molecule has 0 radical (unpaired) electrons. The minimum absolute atomic E-state index is 0.00146. The maximum Gasteiger partial charge on any atom is 0.416 e. The van der Waals surface area contributed by atoms with Gasteiger partial charge in [0.15, 0.2) is 0 Å². The van der Waals surface area contributed by atoms with Crippen molar-refractivity contribution in [2.45, 2.75) is 127 Å². The second-order valence-electron chi connectivity index (χ2n) is 28.7. The summed E-state index contributed by atoms with van der Waals surface area (Å²) in [6.45, 7) is 8.31. The predicted octanol–water partition coefficient (Wildman–Crippen LogP) is 17.1. The zero-order valence-corrected chi connectivity index (χ0v) is 59.4. The van der Waals surface area contributed by atoms with Gasteiger partial charge in [-0.3, -0.25) is 39.9 Å². The van der Waals surface area contributed by atoms with Gasteiger partial charge in [-0.15, -0.1) is 0 Å². The van der Waals surface area contributed by atoms with Gasteiger partial charge in [-0.25, -0.2) is 19.7 Å². The number of hydrogen-bond donors (Lipinski definition) is 1. The molecule has 9 heterocycles. The van der Waals surface area contributed by atoms with Crippen LogP contribution in [0.5, 0.6) is 0 Å². The molecule has 6 aliphatic heterocycles. The number of alkyl halides is 9. The van der Waals surface area contributed by atoms with Crippen molar-refractivity contribution >= 4 is 46.1 Å². The molecule has 6 aliphatic rings. The van der Waals surface area contributed by atoms with Crippen LogP contribution in [0.15, 0.2) is 165 Å². The van der Waals surface area contributed by atoms with Crippen LogP contribution in [0.25, 0.3) is 33.8 Å². The lowest BCUT2D eigenvalue weighted by atomic mass is 9.86. The van der Waals surface area contributed by atoms with Gasteiger partial charge in [0, 0.05) is 98.8 Å². The van der Waals surface area contributed by atoms with Gasteiger partial charge in [-0.2, -0.15) is 43.9 Å². The van der Waals surface area contributed by atoms with E-state index in [9.17, 15) is 93.7 Å². The molecular formula is C77H74F10N12O11. The van der Waals surface area contributed by atoms with Crippen molar-refractivity contribution in [2.75, 3.05) is 49.1 Å². The third-order valence-electron chi connectivity index (χ3n) is 20.8. The number of ketones is 2. The highest BCUT2D eigenvalue weighted by molar-refractivity contribution is 5.85. The first-order valence-electron chi connectivity index (χ1n) is 35.4. The smallest absolute Gasteiger partial charge is 0.416 e. The maximum absolute atomic E-state index is 13.2. The van der Waals surface area contributed by atoms with Crippen LogP contribution in [-0.4, -0.2) is 122 Å². The Bertz CT molecular complexity index is 4910. The first kappa shape index (κ1) is 78.2. The van der Waals surface area contributed by atoms with E-state index in [2.05, 4.69) is 42.3 Å². The van der Waals surface area contributed by atoms with Gasteiger partial charge in [0.05, 0.1) is 110 Å². The van der Waals surface area contributed by atoms with Crippen molar-refractivity contribution in [3.8, 4) is 33.8 Å². The lowest BCUT2D eigenvalue weighted by Gasteiger charge is -2.36. The summed E-state index contributed by atoms with van der Waals surface area (Å²) in [7, 11) is 0. The van der Waals surface area contributed by atoms with Crippen molar-refractivity contribution in [3.05, 3.63) is 235 Å². The number of fused-ring (bicyclic) bond motifs is 9. The van der Waals surface area contributed by atoms with Gasteiger partial charge >= 0.3 is 30.3 Å². The number of amides is 1. The monoisotopic (exact) mass is 1530 g/mol. The molecule has 578 valence electrons. The number of nitro benzene ring substituents is 3. The summed E-state index contributed by atoms with van der Waals surface area (Å²) in [5.74, 6) is -1.12. The first-order valence-corrected chi connectivity index (χ1v) is 35.4. The Morgan fingerprint density at radius 1 is 0.491 bits per heavy atom. The van der Waals surface area contributed by atoms with E-state index < -0.39 is 84.6 Å². The number of piperidine rings is 3. The van der Waals surface area contributed by atoms with Crippen molar-refractivity contribution < 1.29 is 82.9 Å². The van der Waals surface area contributed by atoms with Crippen LogP contribution in [0.4, 0.5) is 77.1 Å². The van der Waals surface area contributed by atoms with E-state index in [4.69, 9.17) is 4.74 Å². The number of ether oxygens (including phenoxy) is 1. The Balaban J connectivity index is 0.000000142. The molecule has 9 aromatic rings. The minimum atomic E-state index is -4.71. The highest BCUT2D eigenvalue weighted by Crippen LogP contribution is 2.47. The molecule has 15 rings (SSSR count). The van der Waals surface area contributed by atoms with Crippen molar-refractivity contribution in [2.24, 2.45) is 17.8 Å². The Morgan fingerprint density at radius 2 is 0.836 bits per heavy atom. The van der Waals surface area contributed by atoms with Gasteiger partial charge in [-0.1, -0.05) is 72.8 Å². The first-order chi connectivity index (χ1) is 52.1. The normalized spacial score (nSPS) is 17.8. The number of Topliss-reactive ketones (excluding diaryl/α,β-unsaturated/α-hetero) is 2. The van der Waals surface area contributed by atoms with Crippen LogP contribution in [0, 0.1) is 53.9 Å². The van der Waals surface area contributed by atoms with Crippen LogP contribution < -0.4 is 9.80 Å². The minimum Gasteiger partial charge on any atom is -0.444 e. The Morgan fingerprint density at radius 3 is 1.22 bits per heavy atom. The molecule has 0 aliphatic carbocycles. The van der Waals surface area contributed by atoms with Crippen LogP contribution >= 0.6 is 0 Å². The van der Waals surface area contributed by atoms with E-state index in [1.54, 1.807) is 33.6 Å². The Labute approximate surface area is 622 Å². The predicted molar refractivity (Wildman–Crippen MR) is 382 cm³/mol. The third-order valence-corrected chi connectivity index (χ3v) is 20.8. The number of imidazole rings is 3. The molecule has 4 atom stereocenters. The highest BCUT2D eigenvalue weighted by Gasteiger charge is 2.41. The van der Waals surface area contributed by atoms with Crippen LogP contribution in [0.2, 0.25) is 0 Å². The highest BCUT2D eigenvalue weighted by atomic mass is 19.4. The third kappa shape index (κ3) is 17.1. The standard InChI is InChI=1S/C24H23F3N4O3.C24H21F3N4O3.C22H27N3O3.C7H3F4NO2/c2*25-24(26,27)16-5-6-19(21(11-16)31(33)34)29-9-7-15(8-10-29)23(32)12-20-17-3-1-2-4-18(17)22-13-28-14-30(20)22;1-22(2,3)28-21(27)24-10-8-15(9-11-24)20(26)12-18-16-6-4-5-7-17(16)19-13-23-14-25(18)19;8-5-2-1-4(7(9,10)11)3-6(5)12(13)14/h1-6,11,13-15,20,23,32H,7-10,12H2;1-6,11,13-15,20H,7-10,12H2;4-7,13-15,18H,8-12H2,1-3H3;1-3H. The lowest BCUT2D eigenvalue weighted by Crippen LogP contribution is -2.43. The molecule has 33 heteroatoms. The van der Waals surface area contributed by atoms with Gasteiger partial charge in [0.2, 0.25) is 5.82 Å². The van der Waals surface area contributed by atoms with Gasteiger partial charge in [0.25, 0.3) is 11.4 Å². The number of hydrogen-bond acceptors (Lipinski definition) is 16. The zero-order valence-electron chi connectivity index (χ0n) is 59.4. The Hall–Kier alpha value is -11.4. The molecule has 3 aromatic heterocycles. The SMILES string of the molecule is CC(C)(C)OC(=O)N1CCC(C(=O)CC2c3ccccc3-c3cncn32)CC1.O=C(CC1c2ccccc2-c2cncn21)C1CCN(c2ccc(C(F)(F)F)cc2[N+](=O)[O-])CC1.O=[N+]([O-])c1cc(C(F)(F)F)ccc1F.O=[N+]([O-])c1cc(C(F)(F)F)ccc1N1CCC(C(O)CC2c3ccccc3-c3cncn32)CC1. The summed E-state index contributed by atoms with van der Waals surface area (Å²) in [6.07, 6.45) is 0.783.